The number of nitrogens with zero attached hydrogens (tertiary/aromatic N) is 1. The molecule has 1 aromatic heterocycles. The highest BCUT2D eigenvalue weighted by Gasteiger charge is 2.38. The van der Waals surface area contributed by atoms with Crippen LogP contribution < -0.4 is 5.32 Å². The van der Waals surface area contributed by atoms with E-state index in [9.17, 15) is 0 Å². The zero-order chi connectivity index (χ0) is 12.4. The van der Waals surface area contributed by atoms with Gasteiger partial charge in [-0.2, -0.15) is 0 Å². The van der Waals surface area contributed by atoms with E-state index in [0.29, 0.717) is 5.41 Å². The summed E-state index contributed by atoms with van der Waals surface area (Å²) in [6.07, 6.45) is 11.0. The van der Waals surface area contributed by atoms with E-state index in [4.69, 9.17) is 4.98 Å². The number of hydrogen-bond donors (Lipinski definition) is 1. The average molecular weight is 264 g/mol. The molecule has 1 N–H and O–H groups in total. The first-order valence-electron chi connectivity index (χ1n) is 7.49. The molecule has 2 nitrogen and oxygen atoms in total. The zero-order valence-corrected chi connectivity index (χ0v) is 12.2. The summed E-state index contributed by atoms with van der Waals surface area (Å²) < 4.78 is 0. The molecule has 0 atom stereocenters. The monoisotopic (exact) mass is 264 g/mol. The first kappa shape index (κ1) is 12.6. The lowest BCUT2D eigenvalue weighted by molar-refractivity contribution is 0.256. The Balaban J connectivity index is 1.68. The van der Waals surface area contributed by atoms with Gasteiger partial charge in [-0.05, 0) is 50.5 Å². The van der Waals surface area contributed by atoms with Crippen LogP contribution in [-0.4, -0.2) is 11.5 Å². The normalized spacial score (nSPS) is 21.4. The van der Waals surface area contributed by atoms with Gasteiger partial charge in [-0.15, -0.1) is 11.3 Å². The van der Waals surface area contributed by atoms with Gasteiger partial charge < -0.3 is 5.32 Å². The summed E-state index contributed by atoms with van der Waals surface area (Å²) in [6, 6.07) is 0. The van der Waals surface area contributed by atoms with Gasteiger partial charge in [-0.1, -0.05) is 19.8 Å². The van der Waals surface area contributed by atoms with Crippen LogP contribution in [0.15, 0.2) is 0 Å². The quantitative estimate of drug-likeness (QED) is 0.839. The Morgan fingerprint density at radius 1 is 1.28 bits per heavy atom. The summed E-state index contributed by atoms with van der Waals surface area (Å²) in [5, 5.41) is 4.78. The van der Waals surface area contributed by atoms with E-state index in [1.54, 1.807) is 4.88 Å². The molecule has 1 saturated carbocycles. The van der Waals surface area contributed by atoms with Crippen LogP contribution in [0.25, 0.3) is 0 Å². The molecule has 0 bridgehead atoms. The molecule has 0 aromatic carbocycles. The number of aromatic nitrogens is 1. The standard InChI is InChI=1S/C15H24N2S/c1-2-9-16-11-14-17-12-5-8-15(6-3-4-7-15)10-13(12)18-14/h16H,2-11H2,1H3. The summed E-state index contributed by atoms with van der Waals surface area (Å²) in [5.41, 5.74) is 2.10. The number of hydrogen-bond acceptors (Lipinski definition) is 3. The Morgan fingerprint density at radius 2 is 2.11 bits per heavy atom. The van der Waals surface area contributed by atoms with Crippen molar-refractivity contribution in [2.75, 3.05) is 6.54 Å². The Kier molecular flexibility index (Phi) is 3.71. The summed E-state index contributed by atoms with van der Waals surface area (Å²) in [6.45, 7) is 4.29. The average Bonchev–Trinajstić information content (AvgIpc) is 2.97. The molecule has 100 valence electrons. The van der Waals surface area contributed by atoms with Crippen molar-refractivity contribution in [1.29, 1.82) is 0 Å². The fourth-order valence-corrected chi connectivity index (χ4v) is 4.84. The third kappa shape index (κ3) is 2.48. The molecule has 2 aliphatic carbocycles. The maximum atomic E-state index is 4.83. The first-order valence-corrected chi connectivity index (χ1v) is 8.31. The highest BCUT2D eigenvalue weighted by Crippen LogP contribution is 2.48. The lowest BCUT2D eigenvalue weighted by Gasteiger charge is -2.32. The van der Waals surface area contributed by atoms with Gasteiger partial charge in [-0.25, -0.2) is 4.98 Å². The number of rotatable bonds is 4. The van der Waals surface area contributed by atoms with E-state index in [1.165, 1.54) is 62.1 Å². The van der Waals surface area contributed by atoms with Gasteiger partial charge in [0.05, 0.1) is 5.69 Å². The lowest BCUT2D eigenvalue weighted by atomic mass is 9.74. The maximum Gasteiger partial charge on any atom is 0.107 e. The van der Waals surface area contributed by atoms with Crippen LogP contribution in [0.3, 0.4) is 0 Å². The molecular formula is C15H24N2S. The summed E-state index contributed by atoms with van der Waals surface area (Å²) in [7, 11) is 0. The van der Waals surface area contributed by atoms with Crippen molar-refractivity contribution in [2.45, 2.75) is 64.8 Å². The molecule has 18 heavy (non-hydrogen) atoms. The Morgan fingerprint density at radius 3 is 2.89 bits per heavy atom. The molecular weight excluding hydrogens is 240 g/mol. The molecule has 1 aromatic rings. The van der Waals surface area contributed by atoms with Crippen molar-refractivity contribution in [2.24, 2.45) is 5.41 Å². The highest BCUT2D eigenvalue weighted by molar-refractivity contribution is 7.11. The van der Waals surface area contributed by atoms with Gasteiger partial charge in [0.15, 0.2) is 0 Å². The van der Waals surface area contributed by atoms with Gasteiger partial charge in [0.1, 0.15) is 5.01 Å². The number of aryl methyl sites for hydroxylation is 1. The van der Waals surface area contributed by atoms with Crippen molar-refractivity contribution in [1.82, 2.24) is 10.3 Å². The topological polar surface area (TPSA) is 24.9 Å². The summed E-state index contributed by atoms with van der Waals surface area (Å²) in [4.78, 5) is 6.44. The molecule has 1 heterocycles. The van der Waals surface area contributed by atoms with Gasteiger partial charge in [0.25, 0.3) is 0 Å². The van der Waals surface area contributed by atoms with Crippen LogP contribution >= 0.6 is 11.3 Å². The second-order valence-electron chi connectivity index (χ2n) is 6.04. The smallest absolute Gasteiger partial charge is 0.107 e. The fraction of sp³-hybridized carbons (Fsp3) is 0.800. The molecule has 0 saturated heterocycles. The van der Waals surface area contributed by atoms with Gasteiger partial charge in [0.2, 0.25) is 0 Å². The van der Waals surface area contributed by atoms with E-state index in [2.05, 4.69) is 12.2 Å². The van der Waals surface area contributed by atoms with E-state index in [1.807, 2.05) is 11.3 Å². The van der Waals surface area contributed by atoms with Crippen LogP contribution in [0.2, 0.25) is 0 Å². The van der Waals surface area contributed by atoms with Crippen molar-refractivity contribution >= 4 is 11.3 Å². The van der Waals surface area contributed by atoms with Crippen LogP contribution in [0.1, 0.15) is 61.0 Å². The lowest BCUT2D eigenvalue weighted by Crippen LogP contribution is -2.24. The fourth-order valence-electron chi connectivity index (χ4n) is 3.58. The van der Waals surface area contributed by atoms with Crippen LogP contribution in [-0.2, 0) is 19.4 Å². The van der Waals surface area contributed by atoms with Gasteiger partial charge in [-0.3, -0.25) is 0 Å². The number of fused-ring (bicyclic) bond motifs is 1. The van der Waals surface area contributed by atoms with Crippen LogP contribution in [0, 0.1) is 5.41 Å². The minimum atomic E-state index is 0.674. The molecule has 3 heteroatoms. The predicted molar refractivity (Wildman–Crippen MR) is 77.0 cm³/mol. The predicted octanol–water partition coefficient (Wildman–Crippen LogP) is 3.69. The van der Waals surface area contributed by atoms with Gasteiger partial charge >= 0.3 is 0 Å². The summed E-state index contributed by atoms with van der Waals surface area (Å²) >= 11 is 1.97. The minimum absolute atomic E-state index is 0.674. The SMILES string of the molecule is CCCNCc1nc2c(s1)CC1(CCCC1)CC2. The van der Waals surface area contributed by atoms with Gasteiger partial charge in [0, 0.05) is 11.4 Å². The first-order chi connectivity index (χ1) is 8.81. The molecule has 2 aliphatic rings. The molecule has 0 aliphatic heterocycles. The van der Waals surface area contributed by atoms with E-state index < -0.39 is 0 Å². The summed E-state index contributed by atoms with van der Waals surface area (Å²) in [5.74, 6) is 0. The Hall–Kier alpha value is -0.410. The third-order valence-electron chi connectivity index (χ3n) is 4.62. The number of thiazole rings is 1. The zero-order valence-electron chi connectivity index (χ0n) is 11.4. The van der Waals surface area contributed by atoms with E-state index in [-0.39, 0.29) is 0 Å². The van der Waals surface area contributed by atoms with Crippen LogP contribution in [0.4, 0.5) is 0 Å². The maximum absolute atomic E-state index is 4.83. The number of nitrogens with one attached hydrogen (secondary N) is 1. The second kappa shape index (κ2) is 5.30. The van der Waals surface area contributed by atoms with Crippen molar-refractivity contribution in [3.05, 3.63) is 15.6 Å². The Bertz CT molecular complexity index is 405. The molecule has 3 rings (SSSR count). The molecule has 0 amide bonds. The third-order valence-corrected chi connectivity index (χ3v) is 5.72. The van der Waals surface area contributed by atoms with Crippen LogP contribution in [0.5, 0.6) is 0 Å². The Labute approximate surface area is 114 Å². The minimum Gasteiger partial charge on any atom is -0.310 e. The second-order valence-corrected chi connectivity index (χ2v) is 7.21. The van der Waals surface area contributed by atoms with Crippen molar-refractivity contribution < 1.29 is 0 Å². The molecule has 1 spiro atoms. The van der Waals surface area contributed by atoms with Crippen molar-refractivity contribution in [3.63, 3.8) is 0 Å². The molecule has 1 fully saturated rings. The van der Waals surface area contributed by atoms with E-state index in [0.717, 1.165) is 13.1 Å². The largest absolute Gasteiger partial charge is 0.310 e. The highest BCUT2D eigenvalue weighted by atomic mass is 32.1. The molecule has 0 radical (unpaired) electrons. The van der Waals surface area contributed by atoms with E-state index >= 15 is 0 Å². The molecule has 0 unspecified atom stereocenters. The van der Waals surface area contributed by atoms with Crippen molar-refractivity contribution in [3.8, 4) is 0 Å².